The molecule has 3 aromatic rings. The number of carbonyl (C=O) groups is 1. The van der Waals surface area contributed by atoms with Gasteiger partial charge in [-0.3, -0.25) is 4.79 Å². The zero-order chi connectivity index (χ0) is 13.9. The van der Waals surface area contributed by atoms with Gasteiger partial charge in [0.05, 0.1) is 0 Å². The molecule has 0 N–H and O–H groups in total. The van der Waals surface area contributed by atoms with E-state index in [0.29, 0.717) is 16.4 Å². The maximum atomic E-state index is 12.1. The third-order valence-corrected chi connectivity index (χ3v) is 3.18. The van der Waals surface area contributed by atoms with Crippen LogP contribution in [-0.4, -0.2) is 5.78 Å². The van der Waals surface area contributed by atoms with Crippen LogP contribution in [0.1, 0.15) is 16.1 Å². The largest absolute Gasteiger partial charge is 0.453 e. The van der Waals surface area contributed by atoms with Gasteiger partial charge in [-0.25, -0.2) is 0 Å². The lowest BCUT2D eigenvalue weighted by Crippen LogP contribution is -1.90. The van der Waals surface area contributed by atoms with Crippen LogP contribution >= 0.6 is 11.6 Å². The van der Waals surface area contributed by atoms with Crippen molar-refractivity contribution < 1.29 is 9.21 Å². The van der Waals surface area contributed by atoms with E-state index in [1.54, 1.807) is 24.3 Å². The van der Waals surface area contributed by atoms with Crippen molar-refractivity contribution in [3.63, 3.8) is 0 Å². The van der Waals surface area contributed by atoms with Gasteiger partial charge in [0.15, 0.2) is 5.76 Å². The minimum atomic E-state index is -0.166. The van der Waals surface area contributed by atoms with Gasteiger partial charge in [-0.15, -0.1) is 0 Å². The normalized spacial score (nSPS) is 11.2. The molecule has 0 unspecified atom stereocenters. The minimum Gasteiger partial charge on any atom is -0.453 e. The van der Waals surface area contributed by atoms with E-state index in [0.717, 1.165) is 10.9 Å². The van der Waals surface area contributed by atoms with E-state index in [2.05, 4.69) is 0 Å². The van der Waals surface area contributed by atoms with Gasteiger partial charge in [0, 0.05) is 10.4 Å². The fraction of sp³-hybridized carbons (Fsp3) is 0. The predicted octanol–water partition coefficient (Wildman–Crippen LogP) is 4.98. The van der Waals surface area contributed by atoms with Crippen LogP contribution in [0.15, 0.2) is 65.1 Å². The van der Waals surface area contributed by atoms with Crippen LogP contribution in [-0.2, 0) is 0 Å². The van der Waals surface area contributed by atoms with Crippen LogP contribution in [0.25, 0.3) is 17.0 Å². The van der Waals surface area contributed by atoms with E-state index >= 15 is 0 Å². The number of para-hydroxylation sites is 1. The van der Waals surface area contributed by atoms with Gasteiger partial charge in [0.1, 0.15) is 5.58 Å². The maximum absolute atomic E-state index is 12.1. The highest BCUT2D eigenvalue weighted by Gasteiger charge is 2.08. The molecule has 1 heterocycles. The summed E-state index contributed by atoms with van der Waals surface area (Å²) in [4.78, 5) is 12.1. The van der Waals surface area contributed by atoms with E-state index in [1.807, 2.05) is 36.4 Å². The summed E-state index contributed by atoms with van der Waals surface area (Å²) in [6, 6.07) is 16.6. The first-order valence-electron chi connectivity index (χ1n) is 6.19. The van der Waals surface area contributed by atoms with Crippen molar-refractivity contribution in [3.8, 4) is 0 Å². The van der Waals surface area contributed by atoms with Crippen LogP contribution in [0.5, 0.6) is 0 Å². The zero-order valence-electron chi connectivity index (χ0n) is 10.5. The Morgan fingerprint density at radius 1 is 1.05 bits per heavy atom. The summed E-state index contributed by atoms with van der Waals surface area (Å²) in [7, 11) is 0. The molecule has 0 radical (unpaired) electrons. The highest BCUT2D eigenvalue weighted by molar-refractivity contribution is 6.30. The number of furan rings is 1. The molecule has 0 atom stereocenters. The van der Waals surface area contributed by atoms with Crippen LogP contribution in [0.2, 0.25) is 5.02 Å². The number of fused-ring (bicyclic) bond motifs is 1. The summed E-state index contributed by atoms with van der Waals surface area (Å²) >= 11 is 5.89. The Morgan fingerprint density at radius 2 is 1.90 bits per heavy atom. The summed E-state index contributed by atoms with van der Waals surface area (Å²) in [5.41, 5.74) is 1.59. The molecule has 0 bridgehead atoms. The van der Waals surface area contributed by atoms with Crippen molar-refractivity contribution in [2.45, 2.75) is 0 Å². The highest BCUT2D eigenvalue weighted by Crippen LogP contribution is 2.20. The number of halogens is 1. The van der Waals surface area contributed by atoms with Crippen molar-refractivity contribution in [1.29, 1.82) is 0 Å². The molecule has 98 valence electrons. The zero-order valence-corrected chi connectivity index (χ0v) is 11.3. The Morgan fingerprint density at radius 3 is 2.70 bits per heavy atom. The van der Waals surface area contributed by atoms with Gasteiger partial charge < -0.3 is 4.42 Å². The van der Waals surface area contributed by atoms with Crippen molar-refractivity contribution in [3.05, 3.63) is 77.0 Å². The Bertz CT molecular complexity index is 766. The van der Waals surface area contributed by atoms with Gasteiger partial charge in [0.2, 0.25) is 5.78 Å². The van der Waals surface area contributed by atoms with Crippen LogP contribution in [0.4, 0.5) is 0 Å². The fourth-order valence-electron chi connectivity index (χ4n) is 1.97. The van der Waals surface area contributed by atoms with Gasteiger partial charge in [-0.05, 0) is 35.9 Å². The molecule has 20 heavy (non-hydrogen) atoms. The summed E-state index contributed by atoms with van der Waals surface area (Å²) in [6.45, 7) is 0. The van der Waals surface area contributed by atoms with Crippen LogP contribution in [0, 0.1) is 0 Å². The molecule has 0 saturated carbocycles. The summed E-state index contributed by atoms with van der Waals surface area (Å²) in [5.74, 6) is 0.172. The number of rotatable bonds is 3. The molecule has 0 spiro atoms. The average molecular weight is 283 g/mol. The Hall–Kier alpha value is -2.32. The third-order valence-electron chi connectivity index (χ3n) is 2.94. The second-order valence-corrected chi connectivity index (χ2v) is 4.84. The molecule has 0 aliphatic heterocycles. The number of hydrogen-bond donors (Lipinski definition) is 0. The molecule has 0 aliphatic carbocycles. The highest BCUT2D eigenvalue weighted by atomic mass is 35.5. The lowest BCUT2D eigenvalue weighted by molar-refractivity contribution is 0.102. The van der Waals surface area contributed by atoms with Gasteiger partial charge in [-0.2, -0.15) is 0 Å². The SMILES string of the molecule is O=C(/C=C/c1cccc(Cl)c1)c1cc2ccccc2o1. The van der Waals surface area contributed by atoms with Crippen LogP contribution in [0.3, 0.4) is 0 Å². The van der Waals surface area contributed by atoms with Crippen LogP contribution < -0.4 is 0 Å². The lowest BCUT2D eigenvalue weighted by atomic mass is 10.2. The lowest BCUT2D eigenvalue weighted by Gasteiger charge is -1.93. The molecule has 3 heteroatoms. The molecular formula is C17H11ClO2. The second-order valence-electron chi connectivity index (χ2n) is 4.40. The first kappa shape index (κ1) is 12.7. The van der Waals surface area contributed by atoms with Crippen molar-refractivity contribution in [1.82, 2.24) is 0 Å². The van der Waals surface area contributed by atoms with E-state index < -0.39 is 0 Å². The molecule has 1 aromatic heterocycles. The van der Waals surface area contributed by atoms with E-state index in [9.17, 15) is 4.79 Å². The maximum Gasteiger partial charge on any atom is 0.221 e. The van der Waals surface area contributed by atoms with Crippen molar-refractivity contribution >= 4 is 34.4 Å². The molecular weight excluding hydrogens is 272 g/mol. The quantitative estimate of drug-likeness (QED) is 0.501. The molecule has 0 aliphatic rings. The first-order valence-corrected chi connectivity index (χ1v) is 6.57. The third kappa shape index (κ3) is 2.65. The molecule has 2 nitrogen and oxygen atoms in total. The van der Waals surface area contributed by atoms with Gasteiger partial charge in [0.25, 0.3) is 0 Å². The van der Waals surface area contributed by atoms with E-state index in [1.165, 1.54) is 6.08 Å². The molecule has 0 saturated heterocycles. The first-order chi connectivity index (χ1) is 9.72. The summed E-state index contributed by atoms with van der Waals surface area (Å²) in [5, 5.41) is 1.57. The fourth-order valence-corrected chi connectivity index (χ4v) is 2.17. The van der Waals surface area contributed by atoms with E-state index in [-0.39, 0.29) is 5.78 Å². The minimum absolute atomic E-state index is 0.166. The molecule has 2 aromatic carbocycles. The Balaban J connectivity index is 1.85. The number of benzene rings is 2. The van der Waals surface area contributed by atoms with Crippen molar-refractivity contribution in [2.24, 2.45) is 0 Å². The average Bonchev–Trinajstić information content (AvgIpc) is 2.89. The van der Waals surface area contributed by atoms with Gasteiger partial charge in [-0.1, -0.05) is 48.0 Å². The summed E-state index contributed by atoms with van der Waals surface area (Å²) in [6.07, 6.45) is 3.21. The number of allylic oxidation sites excluding steroid dienone is 1. The Labute approximate surface area is 121 Å². The van der Waals surface area contributed by atoms with Crippen molar-refractivity contribution in [2.75, 3.05) is 0 Å². The standard InChI is InChI=1S/C17H11ClO2/c18-14-6-3-4-12(10-14)8-9-15(19)17-11-13-5-1-2-7-16(13)20-17/h1-11H/b9-8+. The number of carbonyl (C=O) groups excluding carboxylic acids is 1. The molecule has 0 fully saturated rings. The number of hydrogen-bond acceptors (Lipinski definition) is 2. The second kappa shape index (κ2) is 5.35. The predicted molar refractivity (Wildman–Crippen MR) is 81.0 cm³/mol. The monoisotopic (exact) mass is 282 g/mol. The Kier molecular flexibility index (Phi) is 3.40. The topological polar surface area (TPSA) is 30.2 Å². The smallest absolute Gasteiger partial charge is 0.221 e. The molecule has 3 rings (SSSR count). The molecule has 0 amide bonds. The van der Waals surface area contributed by atoms with E-state index in [4.69, 9.17) is 16.0 Å². The number of ketones is 1. The van der Waals surface area contributed by atoms with Gasteiger partial charge >= 0.3 is 0 Å². The summed E-state index contributed by atoms with van der Waals surface area (Å²) < 4.78 is 5.52.